The van der Waals surface area contributed by atoms with Crippen LogP contribution in [0.4, 0.5) is 0 Å². The van der Waals surface area contributed by atoms with Crippen molar-refractivity contribution in [1.29, 1.82) is 0 Å². The molecule has 0 fully saturated rings. The van der Waals surface area contributed by atoms with E-state index in [1.165, 1.54) is 11.8 Å². The highest BCUT2D eigenvalue weighted by molar-refractivity contribution is 5.93. The summed E-state index contributed by atoms with van der Waals surface area (Å²) in [4.78, 5) is 15.5. The van der Waals surface area contributed by atoms with Crippen LogP contribution in [0.5, 0.6) is 11.6 Å². The van der Waals surface area contributed by atoms with Crippen LogP contribution in [0.15, 0.2) is 54.7 Å². The topological polar surface area (TPSA) is 77.2 Å². The summed E-state index contributed by atoms with van der Waals surface area (Å²) >= 11 is 0. The largest absolute Gasteiger partial charge is 0.438 e. The lowest BCUT2D eigenvalue weighted by atomic mass is 10.0. The van der Waals surface area contributed by atoms with E-state index < -0.39 is 5.91 Å². The minimum atomic E-state index is -0.505. The van der Waals surface area contributed by atoms with Gasteiger partial charge in [0.05, 0.1) is 0 Å². The average Bonchev–Trinajstić information content (AvgIpc) is 2.66. The molecule has 5 heteroatoms. The summed E-state index contributed by atoms with van der Waals surface area (Å²) in [6, 6.07) is 15.3. The molecule has 0 saturated carbocycles. The molecule has 1 amide bonds. The number of hydrogen-bond acceptors (Lipinski definition) is 4. The van der Waals surface area contributed by atoms with Crippen molar-refractivity contribution < 1.29 is 9.53 Å². The van der Waals surface area contributed by atoms with Crippen LogP contribution in [0.2, 0.25) is 0 Å². The molecular formula is C22H25N3O2. The zero-order valence-corrected chi connectivity index (χ0v) is 15.7. The average molecular weight is 363 g/mol. The lowest BCUT2D eigenvalue weighted by Crippen LogP contribution is -2.16. The molecule has 5 nitrogen and oxygen atoms in total. The molecule has 3 rings (SSSR count). The molecule has 3 aromatic rings. The Morgan fingerprint density at radius 1 is 1.15 bits per heavy atom. The van der Waals surface area contributed by atoms with E-state index in [2.05, 4.69) is 36.3 Å². The molecule has 0 aliphatic carbocycles. The van der Waals surface area contributed by atoms with Gasteiger partial charge in [-0.15, -0.1) is 0 Å². The highest BCUT2D eigenvalue weighted by Gasteiger charge is 2.10. The predicted molar refractivity (Wildman–Crippen MR) is 108 cm³/mol. The van der Waals surface area contributed by atoms with Crippen molar-refractivity contribution in [3.63, 3.8) is 0 Å². The number of nitrogens with zero attached hydrogens (tertiary/aromatic N) is 1. The highest BCUT2D eigenvalue weighted by Crippen LogP contribution is 2.31. The molecule has 0 aliphatic rings. The second-order valence-electron chi connectivity index (χ2n) is 6.98. The fourth-order valence-corrected chi connectivity index (χ4v) is 2.92. The standard InChI is InChI=1S/C22H25N3O2/c1-15(2)9-11-24-14-17-7-8-20(19-6-4-3-5-18(17)19)27-21-13-16(22(23)26)10-12-25-21/h3-8,10,12-13,15,24H,9,11,14H2,1-2H3,(H2,23,26). The maximum Gasteiger partial charge on any atom is 0.248 e. The van der Waals surface area contributed by atoms with Crippen LogP contribution in [0.25, 0.3) is 10.8 Å². The highest BCUT2D eigenvalue weighted by atomic mass is 16.5. The van der Waals surface area contributed by atoms with Crippen molar-refractivity contribution in [3.8, 4) is 11.6 Å². The number of hydrogen-bond donors (Lipinski definition) is 2. The van der Waals surface area contributed by atoms with Gasteiger partial charge in [-0.1, -0.05) is 44.2 Å². The summed E-state index contributed by atoms with van der Waals surface area (Å²) in [5.74, 6) is 1.23. The molecule has 3 N–H and O–H groups in total. The molecule has 0 saturated heterocycles. The third-order valence-corrected chi connectivity index (χ3v) is 4.42. The third kappa shape index (κ3) is 4.83. The smallest absolute Gasteiger partial charge is 0.248 e. The van der Waals surface area contributed by atoms with E-state index in [0.29, 0.717) is 23.1 Å². The van der Waals surface area contributed by atoms with E-state index in [1.54, 1.807) is 12.1 Å². The number of nitrogens with one attached hydrogen (secondary N) is 1. The van der Waals surface area contributed by atoms with Gasteiger partial charge in [0.1, 0.15) is 5.75 Å². The molecule has 27 heavy (non-hydrogen) atoms. The van der Waals surface area contributed by atoms with Crippen LogP contribution >= 0.6 is 0 Å². The Balaban J connectivity index is 1.84. The number of carbonyl (C=O) groups excluding carboxylic acids is 1. The van der Waals surface area contributed by atoms with E-state index in [1.807, 2.05) is 24.3 Å². The van der Waals surface area contributed by atoms with Gasteiger partial charge in [0, 0.05) is 29.8 Å². The molecule has 140 valence electrons. The van der Waals surface area contributed by atoms with Gasteiger partial charge in [-0.25, -0.2) is 4.98 Å². The number of fused-ring (bicyclic) bond motifs is 1. The first-order chi connectivity index (χ1) is 13.0. The van der Waals surface area contributed by atoms with Crippen LogP contribution in [-0.2, 0) is 6.54 Å². The van der Waals surface area contributed by atoms with Gasteiger partial charge in [0.2, 0.25) is 11.8 Å². The molecule has 2 aromatic carbocycles. The Morgan fingerprint density at radius 2 is 1.93 bits per heavy atom. The minimum absolute atomic E-state index is 0.347. The van der Waals surface area contributed by atoms with E-state index >= 15 is 0 Å². The molecule has 0 unspecified atom stereocenters. The number of ether oxygens (including phenoxy) is 1. The van der Waals surface area contributed by atoms with Gasteiger partial charge in [-0.3, -0.25) is 4.79 Å². The number of primary amides is 1. The first-order valence-corrected chi connectivity index (χ1v) is 9.19. The summed E-state index contributed by atoms with van der Waals surface area (Å²) < 4.78 is 5.96. The maximum atomic E-state index is 11.4. The molecule has 0 spiro atoms. The van der Waals surface area contributed by atoms with Crippen LogP contribution in [-0.4, -0.2) is 17.4 Å². The SMILES string of the molecule is CC(C)CCNCc1ccc(Oc2cc(C(N)=O)ccn2)c2ccccc12. The number of pyridine rings is 1. The van der Waals surface area contributed by atoms with Crippen molar-refractivity contribution in [3.05, 3.63) is 65.9 Å². The Labute approximate surface area is 159 Å². The fraction of sp³-hybridized carbons (Fsp3) is 0.273. The minimum Gasteiger partial charge on any atom is -0.438 e. The summed E-state index contributed by atoms with van der Waals surface area (Å²) in [6.07, 6.45) is 2.67. The normalized spacial score (nSPS) is 11.1. The molecular weight excluding hydrogens is 338 g/mol. The van der Waals surface area contributed by atoms with Gasteiger partial charge in [-0.05, 0) is 42.0 Å². The third-order valence-electron chi connectivity index (χ3n) is 4.42. The second kappa shape index (κ2) is 8.64. The lowest BCUT2D eigenvalue weighted by Gasteiger charge is -2.13. The van der Waals surface area contributed by atoms with Crippen LogP contribution < -0.4 is 15.8 Å². The number of benzene rings is 2. The molecule has 0 bridgehead atoms. The molecule has 0 atom stereocenters. The van der Waals surface area contributed by atoms with Gasteiger partial charge in [-0.2, -0.15) is 0 Å². The summed E-state index contributed by atoms with van der Waals surface area (Å²) in [6.45, 7) is 6.26. The van der Waals surface area contributed by atoms with Crippen LogP contribution in [0, 0.1) is 5.92 Å². The van der Waals surface area contributed by atoms with Gasteiger partial charge >= 0.3 is 0 Å². The van der Waals surface area contributed by atoms with E-state index in [-0.39, 0.29) is 0 Å². The Bertz CT molecular complexity index is 938. The number of amides is 1. The molecule has 0 radical (unpaired) electrons. The van der Waals surface area contributed by atoms with Gasteiger partial charge < -0.3 is 15.8 Å². The zero-order chi connectivity index (χ0) is 19.2. The van der Waals surface area contributed by atoms with Crippen LogP contribution in [0.1, 0.15) is 36.2 Å². The van der Waals surface area contributed by atoms with Crippen molar-refractivity contribution in [2.45, 2.75) is 26.8 Å². The first kappa shape index (κ1) is 18.9. The molecule has 0 aliphatic heterocycles. The quantitative estimate of drug-likeness (QED) is 0.586. The number of carbonyl (C=O) groups is 1. The molecule has 1 aromatic heterocycles. The number of aromatic nitrogens is 1. The summed E-state index contributed by atoms with van der Waals surface area (Å²) in [5.41, 5.74) is 6.93. The Kier molecular flexibility index (Phi) is 6.04. The van der Waals surface area contributed by atoms with Gasteiger partial charge in [0.15, 0.2) is 0 Å². The van der Waals surface area contributed by atoms with Crippen LogP contribution in [0.3, 0.4) is 0 Å². The van der Waals surface area contributed by atoms with Crippen molar-refractivity contribution in [1.82, 2.24) is 10.3 Å². The monoisotopic (exact) mass is 363 g/mol. The number of rotatable bonds is 8. The molecule has 1 heterocycles. The van der Waals surface area contributed by atoms with Crippen molar-refractivity contribution in [2.75, 3.05) is 6.54 Å². The van der Waals surface area contributed by atoms with E-state index in [0.717, 1.165) is 30.3 Å². The van der Waals surface area contributed by atoms with Crippen molar-refractivity contribution >= 4 is 16.7 Å². The van der Waals surface area contributed by atoms with Crippen molar-refractivity contribution in [2.24, 2.45) is 11.7 Å². The summed E-state index contributed by atoms with van der Waals surface area (Å²) in [5, 5.41) is 5.65. The summed E-state index contributed by atoms with van der Waals surface area (Å²) in [7, 11) is 0. The lowest BCUT2D eigenvalue weighted by molar-refractivity contribution is 0.1000. The van der Waals surface area contributed by atoms with Gasteiger partial charge in [0.25, 0.3) is 0 Å². The Hall–Kier alpha value is -2.92. The second-order valence-corrected chi connectivity index (χ2v) is 6.98. The first-order valence-electron chi connectivity index (χ1n) is 9.19. The van der Waals surface area contributed by atoms with E-state index in [4.69, 9.17) is 10.5 Å². The zero-order valence-electron chi connectivity index (χ0n) is 15.7. The fourth-order valence-electron chi connectivity index (χ4n) is 2.92. The van der Waals surface area contributed by atoms with E-state index in [9.17, 15) is 4.79 Å². The predicted octanol–water partition coefficient (Wildman–Crippen LogP) is 4.26. The number of nitrogens with two attached hydrogens (primary N) is 1. The maximum absolute atomic E-state index is 11.4. The Morgan fingerprint density at radius 3 is 2.67 bits per heavy atom.